The fourth-order valence-corrected chi connectivity index (χ4v) is 2.95. The number of rotatable bonds is 7. The van der Waals surface area contributed by atoms with Gasteiger partial charge in [0.2, 0.25) is 10.0 Å². The van der Waals surface area contributed by atoms with Crippen molar-refractivity contribution in [2.45, 2.75) is 32.1 Å². The summed E-state index contributed by atoms with van der Waals surface area (Å²) in [5, 5.41) is 9.06. The number of aliphatic carboxylic acids is 1. The maximum Gasteiger partial charge on any atom is 0.308 e. The van der Waals surface area contributed by atoms with E-state index in [4.69, 9.17) is 5.11 Å². The maximum absolute atomic E-state index is 12.1. The first-order valence-electron chi connectivity index (χ1n) is 6.59. The molecule has 0 aromatic heterocycles. The molecule has 2 N–H and O–H groups in total. The van der Waals surface area contributed by atoms with Crippen molar-refractivity contribution >= 4 is 16.0 Å². The Morgan fingerprint density at radius 2 is 2.00 bits per heavy atom. The average molecular weight is 299 g/mol. The molecule has 0 fully saturated rings. The van der Waals surface area contributed by atoms with E-state index in [0.717, 1.165) is 12.0 Å². The van der Waals surface area contributed by atoms with Gasteiger partial charge in [-0.25, -0.2) is 13.1 Å². The highest BCUT2D eigenvalue weighted by Crippen LogP contribution is 2.14. The zero-order valence-electron chi connectivity index (χ0n) is 12.0. The van der Waals surface area contributed by atoms with E-state index in [0.29, 0.717) is 0 Å². The summed E-state index contributed by atoms with van der Waals surface area (Å²) >= 11 is 0. The number of carboxylic acids is 1. The molecule has 0 bridgehead atoms. The van der Waals surface area contributed by atoms with Crippen LogP contribution in [0.5, 0.6) is 0 Å². The summed E-state index contributed by atoms with van der Waals surface area (Å²) in [5.41, 5.74) is 0.923. The Balaban J connectivity index is 2.86. The van der Waals surface area contributed by atoms with Gasteiger partial charge in [-0.3, -0.25) is 4.79 Å². The molecule has 6 heteroatoms. The second-order valence-corrected chi connectivity index (χ2v) is 6.81. The third kappa shape index (κ3) is 4.31. The summed E-state index contributed by atoms with van der Waals surface area (Å²) in [6.07, 6.45) is 0.743. The van der Waals surface area contributed by atoms with Gasteiger partial charge in [-0.2, -0.15) is 0 Å². The van der Waals surface area contributed by atoms with Gasteiger partial charge in [0.05, 0.1) is 10.8 Å². The van der Waals surface area contributed by atoms with E-state index in [9.17, 15) is 13.2 Å². The molecule has 112 valence electrons. The van der Waals surface area contributed by atoms with Gasteiger partial charge >= 0.3 is 5.97 Å². The number of aryl methyl sites for hydroxylation is 1. The second kappa shape index (κ2) is 6.85. The molecule has 20 heavy (non-hydrogen) atoms. The third-order valence-electron chi connectivity index (χ3n) is 3.23. The zero-order valence-corrected chi connectivity index (χ0v) is 12.8. The molecule has 1 unspecified atom stereocenters. The number of hydrogen-bond donors (Lipinski definition) is 2. The van der Waals surface area contributed by atoms with Gasteiger partial charge in [-0.15, -0.1) is 0 Å². The lowest BCUT2D eigenvalue weighted by Gasteiger charge is -2.17. The zero-order chi connectivity index (χ0) is 15.3. The minimum atomic E-state index is -3.67. The van der Waals surface area contributed by atoms with Crippen LogP contribution in [0.4, 0.5) is 0 Å². The van der Waals surface area contributed by atoms with Crippen molar-refractivity contribution in [1.82, 2.24) is 4.72 Å². The number of benzene rings is 1. The first kappa shape index (κ1) is 16.7. The molecule has 1 atom stereocenters. The second-order valence-electron chi connectivity index (χ2n) is 5.04. The highest BCUT2D eigenvalue weighted by Gasteiger charge is 2.24. The average Bonchev–Trinajstić information content (AvgIpc) is 2.38. The van der Waals surface area contributed by atoms with Gasteiger partial charge < -0.3 is 5.11 Å². The van der Waals surface area contributed by atoms with Crippen LogP contribution < -0.4 is 4.72 Å². The summed E-state index contributed by atoms with van der Waals surface area (Å²) in [6.45, 7) is 5.35. The molecule has 0 radical (unpaired) electrons. The maximum atomic E-state index is 12.1. The van der Waals surface area contributed by atoms with Crippen LogP contribution in [0.3, 0.4) is 0 Å². The van der Waals surface area contributed by atoms with Crippen molar-refractivity contribution in [1.29, 1.82) is 0 Å². The summed E-state index contributed by atoms with van der Waals surface area (Å²) in [4.78, 5) is 11.2. The Hall–Kier alpha value is -1.40. The van der Waals surface area contributed by atoms with E-state index in [1.807, 2.05) is 13.0 Å². The van der Waals surface area contributed by atoms with Gasteiger partial charge in [-0.05, 0) is 30.0 Å². The van der Waals surface area contributed by atoms with Crippen LogP contribution in [-0.4, -0.2) is 26.0 Å². The largest absolute Gasteiger partial charge is 0.481 e. The summed E-state index contributed by atoms with van der Waals surface area (Å²) in [5.74, 6) is -1.87. The third-order valence-corrected chi connectivity index (χ3v) is 4.65. The number of sulfonamides is 1. The predicted molar refractivity (Wildman–Crippen MR) is 77.0 cm³/mol. The van der Waals surface area contributed by atoms with E-state index in [1.165, 1.54) is 6.07 Å². The van der Waals surface area contributed by atoms with Crippen molar-refractivity contribution < 1.29 is 18.3 Å². The molecule has 1 rings (SSSR count). The van der Waals surface area contributed by atoms with E-state index < -0.39 is 21.9 Å². The summed E-state index contributed by atoms with van der Waals surface area (Å²) in [6, 6.07) is 6.65. The molecule has 0 aliphatic heterocycles. The van der Waals surface area contributed by atoms with E-state index in [-0.39, 0.29) is 17.4 Å². The molecule has 1 aromatic rings. The molecule has 0 saturated heterocycles. The molecule has 5 nitrogen and oxygen atoms in total. The molecule has 1 aromatic carbocycles. The van der Waals surface area contributed by atoms with Crippen LogP contribution in [0, 0.1) is 11.8 Å². The Morgan fingerprint density at radius 3 is 2.50 bits per heavy atom. The van der Waals surface area contributed by atoms with Crippen molar-refractivity contribution in [3.05, 3.63) is 29.8 Å². The molecular weight excluding hydrogens is 278 g/mol. The first-order valence-corrected chi connectivity index (χ1v) is 8.07. The minimum absolute atomic E-state index is 0.105. The fourth-order valence-electron chi connectivity index (χ4n) is 1.82. The number of hydrogen-bond acceptors (Lipinski definition) is 3. The summed E-state index contributed by atoms with van der Waals surface area (Å²) < 4.78 is 26.7. The normalized spacial score (nSPS) is 13.4. The molecule has 0 aliphatic rings. The first-order chi connectivity index (χ1) is 9.27. The quantitative estimate of drug-likeness (QED) is 0.805. The smallest absolute Gasteiger partial charge is 0.308 e. The van der Waals surface area contributed by atoms with Crippen LogP contribution >= 0.6 is 0 Å². The molecule has 0 heterocycles. The van der Waals surface area contributed by atoms with Gasteiger partial charge in [0.15, 0.2) is 0 Å². The molecule has 0 spiro atoms. The number of carboxylic acid groups (broad SMARTS) is 1. The van der Waals surface area contributed by atoms with Crippen LogP contribution in [-0.2, 0) is 21.2 Å². The van der Waals surface area contributed by atoms with Crippen LogP contribution in [0.2, 0.25) is 0 Å². The van der Waals surface area contributed by atoms with Crippen molar-refractivity contribution in [3.63, 3.8) is 0 Å². The monoisotopic (exact) mass is 299 g/mol. The van der Waals surface area contributed by atoms with Crippen molar-refractivity contribution in [3.8, 4) is 0 Å². The Morgan fingerprint density at radius 1 is 1.35 bits per heavy atom. The molecule has 0 aliphatic carbocycles. The van der Waals surface area contributed by atoms with Crippen molar-refractivity contribution in [2.24, 2.45) is 11.8 Å². The van der Waals surface area contributed by atoms with Crippen LogP contribution in [0.15, 0.2) is 29.2 Å². The summed E-state index contributed by atoms with van der Waals surface area (Å²) in [7, 11) is -3.67. The standard InChI is InChI=1S/C14H21NO4S/c1-4-11-6-5-7-12(8-11)20(18,19)15-9-13(10(2)3)14(16)17/h5-8,10,13,15H,4,9H2,1-3H3,(H,16,17). The lowest BCUT2D eigenvalue weighted by Crippen LogP contribution is -2.35. The SMILES string of the molecule is CCc1cccc(S(=O)(=O)NCC(C(=O)O)C(C)C)c1. The Bertz CT molecular complexity index is 566. The molecule has 0 saturated carbocycles. The highest BCUT2D eigenvalue weighted by atomic mass is 32.2. The lowest BCUT2D eigenvalue weighted by molar-refractivity contribution is -0.142. The predicted octanol–water partition coefficient (Wildman–Crippen LogP) is 1.88. The van der Waals surface area contributed by atoms with E-state index >= 15 is 0 Å². The lowest BCUT2D eigenvalue weighted by atomic mass is 9.97. The Labute approximate surface area is 120 Å². The highest BCUT2D eigenvalue weighted by molar-refractivity contribution is 7.89. The fraction of sp³-hybridized carbons (Fsp3) is 0.500. The van der Waals surface area contributed by atoms with Crippen molar-refractivity contribution in [2.75, 3.05) is 6.54 Å². The van der Waals surface area contributed by atoms with E-state index in [1.54, 1.807) is 26.0 Å². The molecular formula is C14H21NO4S. The van der Waals surface area contributed by atoms with Gasteiger partial charge in [0.1, 0.15) is 0 Å². The number of carbonyl (C=O) groups is 1. The van der Waals surface area contributed by atoms with Crippen LogP contribution in [0.25, 0.3) is 0 Å². The van der Waals surface area contributed by atoms with Gasteiger partial charge in [-0.1, -0.05) is 32.9 Å². The molecule has 0 amide bonds. The van der Waals surface area contributed by atoms with Gasteiger partial charge in [0, 0.05) is 6.54 Å². The minimum Gasteiger partial charge on any atom is -0.481 e. The van der Waals surface area contributed by atoms with Crippen LogP contribution in [0.1, 0.15) is 26.3 Å². The Kier molecular flexibility index (Phi) is 5.71. The number of nitrogens with one attached hydrogen (secondary N) is 1. The van der Waals surface area contributed by atoms with Gasteiger partial charge in [0.25, 0.3) is 0 Å². The topological polar surface area (TPSA) is 83.5 Å². The van der Waals surface area contributed by atoms with E-state index in [2.05, 4.69) is 4.72 Å².